The first-order valence-corrected chi connectivity index (χ1v) is 6.64. The molecule has 2 N–H and O–H groups in total. The predicted molar refractivity (Wildman–Crippen MR) is 69.7 cm³/mol. The van der Waals surface area contributed by atoms with Gasteiger partial charge in [-0.1, -0.05) is 31.4 Å². The lowest BCUT2D eigenvalue weighted by molar-refractivity contribution is -0.129. The van der Waals surface area contributed by atoms with Crippen molar-refractivity contribution in [2.75, 3.05) is 6.54 Å². The number of benzene rings is 1. The molecular formula is C15H20FNO. The van der Waals surface area contributed by atoms with Crippen LogP contribution in [-0.2, 0) is 11.2 Å². The van der Waals surface area contributed by atoms with Gasteiger partial charge in [-0.25, -0.2) is 4.39 Å². The summed E-state index contributed by atoms with van der Waals surface area (Å²) in [6.07, 6.45) is 5.41. The Morgan fingerprint density at radius 2 is 2.00 bits per heavy atom. The molecule has 0 spiro atoms. The summed E-state index contributed by atoms with van der Waals surface area (Å²) in [4.78, 5) is 12.4. The number of rotatable bonds is 4. The topological polar surface area (TPSA) is 43.1 Å². The summed E-state index contributed by atoms with van der Waals surface area (Å²) in [5.41, 5.74) is 6.22. The Kier molecular flexibility index (Phi) is 4.12. The molecule has 2 nitrogen and oxygen atoms in total. The first kappa shape index (κ1) is 13.2. The fourth-order valence-electron chi connectivity index (χ4n) is 2.85. The summed E-state index contributed by atoms with van der Waals surface area (Å²) in [6, 6.07) is 6.28. The maximum atomic E-state index is 13.1. The normalized spacial score (nSPS) is 18.6. The molecule has 1 aliphatic rings. The van der Waals surface area contributed by atoms with Crippen LogP contribution in [0.4, 0.5) is 4.39 Å². The molecule has 0 bridgehead atoms. The van der Waals surface area contributed by atoms with E-state index in [1.807, 2.05) is 0 Å². The molecule has 0 amide bonds. The number of nitrogens with two attached hydrogens (primary N) is 1. The number of Topliss-reactive ketones (excluding diaryl/α,β-unsaturated/α-hetero) is 1. The van der Waals surface area contributed by atoms with Gasteiger partial charge in [-0.3, -0.25) is 4.79 Å². The minimum atomic E-state index is -0.357. The van der Waals surface area contributed by atoms with Gasteiger partial charge in [0.1, 0.15) is 11.6 Å². The fraction of sp³-hybridized carbons (Fsp3) is 0.533. The SMILES string of the molecule is NCC1(C(=O)Cc2cccc(F)c2)CCCCC1. The lowest BCUT2D eigenvalue weighted by atomic mass is 9.70. The van der Waals surface area contributed by atoms with E-state index in [1.165, 1.54) is 18.6 Å². The van der Waals surface area contributed by atoms with Crippen molar-refractivity contribution in [3.8, 4) is 0 Å². The molecule has 1 aromatic carbocycles. The number of carbonyl (C=O) groups is 1. The van der Waals surface area contributed by atoms with Crippen molar-refractivity contribution in [1.82, 2.24) is 0 Å². The van der Waals surface area contributed by atoms with Crippen molar-refractivity contribution in [1.29, 1.82) is 0 Å². The molecule has 2 rings (SSSR count). The molecule has 18 heavy (non-hydrogen) atoms. The lowest BCUT2D eigenvalue weighted by Gasteiger charge is -2.34. The molecule has 0 saturated heterocycles. The van der Waals surface area contributed by atoms with Gasteiger partial charge in [0.15, 0.2) is 0 Å². The maximum Gasteiger partial charge on any atom is 0.144 e. The quantitative estimate of drug-likeness (QED) is 0.891. The molecule has 1 fully saturated rings. The third-order valence-corrected chi connectivity index (χ3v) is 4.05. The van der Waals surface area contributed by atoms with E-state index in [0.29, 0.717) is 13.0 Å². The summed E-state index contributed by atoms with van der Waals surface area (Å²) >= 11 is 0. The third-order valence-electron chi connectivity index (χ3n) is 4.05. The molecule has 1 aromatic rings. The van der Waals surface area contributed by atoms with Gasteiger partial charge in [-0.2, -0.15) is 0 Å². The minimum Gasteiger partial charge on any atom is -0.329 e. The van der Waals surface area contributed by atoms with Crippen LogP contribution in [0.2, 0.25) is 0 Å². The van der Waals surface area contributed by atoms with Crippen LogP contribution >= 0.6 is 0 Å². The zero-order chi connectivity index (χ0) is 13.0. The molecule has 1 saturated carbocycles. The number of hydrogen-bond donors (Lipinski definition) is 1. The number of ketones is 1. The van der Waals surface area contributed by atoms with E-state index in [2.05, 4.69) is 0 Å². The maximum absolute atomic E-state index is 13.1. The highest BCUT2D eigenvalue weighted by Crippen LogP contribution is 2.37. The Morgan fingerprint density at radius 1 is 1.28 bits per heavy atom. The zero-order valence-corrected chi connectivity index (χ0v) is 10.6. The molecule has 0 aromatic heterocycles. The third kappa shape index (κ3) is 2.78. The Bertz CT molecular complexity index is 424. The van der Waals surface area contributed by atoms with Crippen LogP contribution < -0.4 is 5.73 Å². The van der Waals surface area contributed by atoms with Crippen LogP contribution in [0.25, 0.3) is 0 Å². The smallest absolute Gasteiger partial charge is 0.144 e. The Labute approximate surface area is 107 Å². The van der Waals surface area contributed by atoms with Crippen molar-refractivity contribution in [2.45, 2.75) is 38.5 Å². The van der Waals surface area contributed by atoms with E-state index in [1.54, 1.807) is 12.1 Å². The standard InChI is InChI=1S/C15H20FNO/c16-13-6-4-5-12(9-13)10-14(18)15(11-17)7-2-1-3-8-15/h4-6,9H,1-3,7-8,10-11,17H2. The van der Waals surface area contributed by atoms with Gasteiger partial charge in [0.05, 0.1) is 0 Å². The summed E-state index contributed by atoms with van der Waals surface area (Å²) in [5.74, 6) is -0.110. The van der Waals surface area contributed by atoms with Gasteiger partial charge < -0.3 is 5.73 Å². The molecule has 0 unspecified atom stereocenters. The van der Waals surface area contributed by atoms with E-state index in [4.69, 9.17) is 5.73 Å². The highest BCUT2D eigenvalue weighted by molar-refractivity contribution is 5.87. The Hall–Kier alpha value is -1.22. The van der Waals surface area contributed by atoms with Crippen LogP contribution in [0.3, 0.4) is 0 Å². The van der Waals surface area contributed by atoms with Crippen molar-refractivity contribution in [3.05, 3.63) is 35.6 Å². The molecule has 0 heterocycles. The zero-order valence-electron chi connectivity index (χ0n) is 10.6. The second-order valence-electron chi connectivity index (χ2n) is 5.27. The van der Waals surface area contributed by atoms with E-state index < -0.39 is 0 Å². The largest absolute Gasteiger partial charge is 0.329 e. The monoisotopic (exact) mass is 249 g/mol. The van der Waals surface area contributed by atoms with Crippen molar-refractivity contribution < 1.29 is 9.18 Å². The molecule has 1 aliphatic carbocycles. The van der Waals surface area contributed by atoms with Crippen LogP contribution in [0.1, 0.15) is 37.7 Å². The molecule has 0 aliphatic heterocycles. The van der Waals surface area contributed by atoms with Crippen molar-refractivity contribution >= 4 is 5.78 Å². The Balaban J connectivity index is 2.10. The van der Waals surface area contributed by atoms with E-state index in [-0.39, 0.29) is 17.0 Å². The minimum absolute atomic E-state index is 0.176. The van der Waals surface area contributed by atoms with Gasteiger partial charge in [0.25, 0.3) is 0 Å². The van der Waals surface area contributed by atoms with Crippen LogP contribution in [0.15, 0.2) is 24.3 Å². The van der Waals surface area contributed by atoms with Crippen molar-refractivity contribution in [3.63, 3.8) is 0 Å². The first-order valence-electron chi connectivity index (χ1n) is 6.64. The number of hydrogen-bond acceptors (Lipinski definition) is 2. The van der Waals surface area contributed by atoms with E-state index in [9.17, 15) is 9.18 Å². The van der Waals surface area contributed by atoms with Crippen molar-refractivity contribution in [2.24, 2.45) is 11.1 Å². The Morgan fingerprint density at radius 3 is 2.61 bits per heavy atom. The number of halogens is 1. The second-order valence-corrected chi connectivity index (χ2v) is 5.27. The molecule has 0 atom stereocenters. The number of carbonyl (C=O) groups excluding carboxylic acids is 1. The highest BCUT2D eigenvalue weighted by atomic mass is 19.1. The molecule has 98 valence electrons. The van der Waals surface area contributed by atoms with Crippen LogP contribution in [0.5, 0.6) is 0 Å². The highest BCUT2D eigenvalue weighted by Gasteiger charge is 2.37. The molecule has 0 radical (unpaired) electrons. The van der Waals surface area contributed by atoms with Crippen LogP contribution in [-0.4, -0.2) is 12.3 Å². The molecule has 3 heteroatoms. The predicted octanol–water partition coefficient (Wildman–Crippen LogP) is 2.85. The van der Waals surface area contributed by atoms with E-state index in [0.717, 1.165) is 31.2 Å². The summed E-state index contributed by atoms with van der Waals surface area (Å²) in [5, 5.41) is 0. The average molecular weight is 249 g/mol. The summed E-state index contributed by atoms with van der Waals surface area (Å²) < 4.78 is 13.1. The molecular weight excluding hydrogens is 229 g/mol. The van der Waals surface area contributed by atoms with Gasteiger partial charge in [-0.15, -0.1) is 0 Å². The summed E-state index contributed by atoms with van der Waals surface area (Å²) in [6.45, 7) is 0.418. The van der Waals surface area contributed by atoms with Gasteiger partial charge >= 0.3 is 0 Å². The van der Waals surface area contributed by atoms with Gasteiger partial charge in [0, 0.05) is 18.4 Å². The lowest BCUT2D eigenvalue weighted by Crippen LogP contribution is -2.41. The summed E-state index contributed by atoms with van der Waals surface area (Å²) in [7, 11) is 0. The van der Waals surface area contributed by atoms with Crippen LogP contribution in [0, 0.1) is 11.2 Å². The average Bonchev–Trinajstić information content (AvgIpc) is 2.39. The first-order chi connectivity index (χ1) is 8.66. The fourth-order valence-corrected chi connectivity index (χ4v) is 2.85. The van der Waals surface area contributed by atoms with E-state index >= 15 is 0 Å². The van der Waals surface area contributed by atoms with Gasteiger partial charge in [-0.05, 0) is 30.5 Å². The second kappa shape index (κ2) is 5.61. The van der Waals surface area contributed by atoms with Gasteiger partial charge in [0.2, 0.25) is 0 Å².